The van der Waals surface area contributed by atoms with Gasteiger partial charge in [-0.1, -0.05) is 0 Å². The topological polar surface area (TPSA) is 45.2 Å². The van der Waals surface area contributed by atoms with Crippen molar-refractivity contribution in [2.45, 2.75) is 32.4 Å². The minimum atomic E-state index is 0.0966. The molecule has 0 atom stereocenters. The molecule has 0 aliphatic carbocycles. The van der Waals surface area contributed by atoms with Crippen LogP contribution in [-0.2, 0) is 0 Å². The lowest BCUT2D eigenvalue weighted by Crippen LogP contribution is -2.63. The number of nitrogens with one attached hydrogen (secondary N) is 1. The molecule has 1 amide bonds. The van der Waals surface area contributed by atoms with Crippen LogP contribution in [0.25, 0.3) is 0 Å². The Hall–Kier alpha value is -1.42. The van der Waals surface area contributed by atoms with E-state index in [1.807, 2.05) is 4.90 Å². The number of aromatic nitrogens is 1. The molecule has 0 aromatic carbocycles. The van der Waals surface area contributed by atoms with Crippen LogP contribution in [0.5, 0.6) is 0 Å². The highest BCUT2D eigenvalue weighted by Gasteiger charge is 2.32. The van der Waals surface area contributed by atoms with E-state index in [9.17, 15) is 4.79 Å². The van der Waals surface area contributed by atoms with Gasteiger partial charge in [0.15, 0.2) is 0 Å². The quantitative estimate of drug-likeness (QED) is 0.837. The third-order valence-corrected chi connectivity index (χ3v) is 2.73. The van der Waals surface area contributed by atoms with E-state index >= 15 is 0 Å². The fourth-order valence-electron chi connectivity index (χ4n) is 2.03. The summed E-state index contributed by atoms with van der Waals surface area (Å²) in [5, 5.41) is 3.49. The second kappa shape index (κ2) is 4.45. The van der Waals surface area contributed by atoms with Crippen LogP contribution < -0.4 is 5.32 Å². The van der Waals surface area contributed by atoms with Crippen molar-refractivity contribution in [1.29, 1.82) is 0 Å². The van der Waals surface area contributed by atoms with Crippen LogP contribution in [0, 0.1) is 0 Å². The SMILES string of the molecule is CC(C)(C)NC1CN(C(=O)c2ccncc2)C1. The van der Waals surface area contributed by atoms with Gasteiger partial charge in [-0.05, 0) is 32.9 Å². The fraction of sp³-hybridized carbons (Fsp3) is 0.538. The summed E-state index contributed by atoms with van der Waals surface area (Å²) in [6.07, 6.45) is 3.30. The predicted molar refractivity (Wildman–Crippen MR) is 66.8 cm³/mol. The summed E-state index contributed by atoms with van der Waals surface area (Å²) in [6.45, 7) is 8.00. The van der Waals surface area contributed by atoms with Crippen LogP contribution in [0.15, 0.2) is 24.5 Å². The van der Waals surface area contributed by atoms with Gasteiger partial charge in [-0.15, -0.1) is 0 Å². The first-order chi connectivity index (χ1) is 7.96. The van der Waals surface area contributed by atoms with Gasteiger partial charge in [-0.2, -0.15) is 0 Å². The smallest absolute Gasteiger partial charge is 0.254 e. The predicted octanol–water partition coefficient (Wildman–Crippen LogP) is 1.29. The number of amides is 1. The first-order valence-electron chi connectivity index (χ1n) is 5.93. The summed E-state index contributed by atoms with van der Waals surface area (Å²) >= 11 is 0. The van der Waals surface area contributed by atoms with E-state index in [0.717, 1.165) is 13.1 Å². The lowest BCUT2D eigenvalue weighted by atomic mass is 10.0. The average Bonchev–Trinajstić information content (AvgIpc) is 2.22. The van der Waals surface area contributed by atoms with Crippen molar-refractivity contribution in [1.82, 2.24) is 15.2 Å². The Labute approximate surface area is 102 Å². The summed E-state index contributed by atoms with van der Waals surface area (Å²) in [7, 11) is 0. The molecule has 1 saturated heterocycles. The molecule has 4 nitrogen and oxygen atoms in total. The Morgan fingerprint density at radius 1 is 1.35 bits per heavy atom. The summed E-state index contributed by atoms with van der Waals surface area (Å²) in [5.41, 5.74) is 0.824. The first kappa shape index (κ1) is 12.0. The molecular weight excluding hydrogens is 214 g/mol. The second-order valence-corrected chi connectivity index (χ2v) is 5.54. The molecule has 0 radical (unpaired) electrons. The normalized spacial score (nSPS) is 16.8. The number of pyridine rings is 1. The van der Waals surface area contributed by atoms with Crippen molar-refractivity contribution >= 4 is 5.91 Å². The van der Waals surface area contributed by atoms with E-state index in [1.165, 1.54) is 0 Å². The molecule has 2 rings (SSSR count). The zero-order valence-electron chi connectivity index (χ0n) is 10.6. The highest BCUT2D eigenvalue weighted by molar-refractivity contribution is 5.94. The molecule has 92 valence electrons. The number of hydrogen-bond acceptors (Lipinski definition) is 3. The van der Waals surface area contributed by atoms with Gasteiger partial charge in [0.25, 0.3) is 5.91 Å². The number of nitrogens with zero attached hydrogens (tertiary/aromatic N) is 2. The molecular formula is C13H19N3O. The Morgan fingerprint density at radius 2 is 1.94 bits per heavy atom. The number of rotatable bonds is 2. The first-order valence-corrected chi connectivity index (χ1v) is 5.93. The zero-order valence-corrected chi connectivity index (χ0v) is 10.6. The van der Waals surface area contributed by atoms with Gasteiger partial charge in [0.05, 0.1) is 0 Å². The van der Waals surface area contributed by atoms with Crippen LogP contribution in [0.1, 0.15) is 31.1 Å². The van der Waals surface area contributed by atoms with Crippen molar-refractivity contribution < 1.29 is 4.79 Å². The maximum atomic E-state index is 12.0. The molecule has 0 saturated carbocycles. The minimum Gasteiger partial charge on any atom is -0.335 e. The minimum absolute atomic E-state index is 0.0966. The molecule has 1 N–H and O–H groups in total. The summed E-state index contributed by atoms with van der Waals surface area (Å²) in [6, 6.07) is 3.93. The largest absolute Gasteiger partial charge is 0.335 e. The maximum absolute atomic E-state index is 12.0. The summed E-state index contributed by atoms with van der Waals surface area (Å²) in [4.78, 5) is 17.8. The third kappa shape index (κ3) is 3.03. The molecule has 1 aromatic rings. The van der Waals surface area contributed by atoms with Gasteiger partial charge in [0.1, 0.15) is 0 Å². The van der Waals surface area contributed by atoms with Crippen molar-refractivity contribution in [3.8, 4) is 0 Å². The number of carbonyl (C=O) groups excluding carboxylic acids is 1. The van der Waals surface area contributed by atoms with Crippen molar-refractivity contribution in [2.24, 2.45) is 0 Å². The molecule has 0 unspecified atom stereocenters. The van der Waals surface area contributed by atoms with Gasteiger partial charge in [0, 0.05) is 42.6 Å². The molecule has 1 fully saturated rings. The van der Waals surface area contributed by atoms with Crippen molar-refractivity contribution in [2.75, 3.05) is 13.1 Å². The standard InChI is InChI=1S/C13H19N3O/c1-13(2,3)15-11-8-16(9-11)12(17)10-4-6-14-7-5-10/h4-7,11,15H,8-9H2,1-3H3. The van der Waals surface area contributed by atoms with E-state index in [1.54, 1.807) is 24.5 Å². The van der Waals surface area contributed by atoms with Crippen LogP contribution >= 0.6 is 0 Å². The van der Waals surface area contributed by atoms with Crippen LogP contribution in [-0.4, -0.2) is 40.5 Å². The molecule has 1 aliphatic rings. The monoisotopic (exact) mass is 233 g/mol. The number of likely N-dealkylation sites (tertiary alicyclic amines) is 1. The molecule has 1 aromatic heterocycles. The molecule has 1 aliphatic heterocycles. The molecule has 2 heterocycles. The average molecular weight is 233 g/mol. The Morgan fingerprint density at radius 3 is 2.47 bits per heavy atom. The Bertz CT molecular complexity index is 391. The highest BCUT2D eigenvalue weighted by Crippen LogP contribution is 2.15. The second-order valence-electron chi connectivity index (χ2n) is 5.54. The molecule has 0 spiro atoms. The third-order valence-electron chi connectivity index (χ3n) is 2.73. The lowest BCUT2D eigenvalue weighted by molar-refractivity contribution is 0.0532. The van der Waals surface area contributed by atoms with E-state index in [0.29, 0.717) is 11.6 Å². The Balaban J connectivity index is 1.86. The van der Waals surface area contributed by atoms with Crippen LogP contribution in [0.2, 0.25) is 0 Å². The van der Waals surface area contributed by atoms with E-state index in [2.05, 4.69) is 31.1 Å². The summed E-state index contributed by atoms with van der Waals surface area (Å²) < 4.78 is 0. The van der Waals surface area contributed by atoms with Crippen LogP contribution in [0.3, 0.4) is 0 Å². The molecule has 17 heavy (non-hydrogen) atoms. The van der Waals surface area contributed by atoms with Crippen LogP contribution in [0.4, 0.5) is 0 Å². The highest BCUT2D eigenvalue weighted by atomic mass is 16.2. The van der Waals surface area contributed by atoms with Gasteiger partial charge in [-0.25, -0.2) is 0 Å². The van der Waals surface area contributed by atoms with E-state index in [-0.39, 0.29) is 11.4 Å². The van der Waals surface area contributed by atoms with E-state index < -0.39 is 0 Å². The van der Waals surface area contributed by atoms with Crippen molar-refractivity contribution in [3.05, 3.63) is 30.1 Å². The molecule has 0 bridgehead atoms. The number of carbonyl (C=O) groups is 1. The van der Waals surface area contributed by atoms with Gasteiger partial charge in [-0.3, -0.25) is 9.78 Å². The lowest BCUT2D eigenvalue weighted by Gasteiger charge is -2.43. The maximum Gasteiger partial charge on any atom is 0.254 e. The molecule has 4 heteroatoms. The van der Waals surface area contributed by atoms with E-state index in [4.69, 9.17) is 0 Å². The Kier molecular flexibility index (Phi) is 3.15. The zero-order chi connectivity index (χ0) is 12.5. The van der Waals surface area contributed by atoms with Gasteiger partial charge >= 0.3 is 0 Å². The van der Waals surface area contributed by atoms with Gasteiger partial charge in [0.2, 0.25) is 0 Å². The van der Waals surface area contributed by atoms with Crippen molar-refractivity contribution in [3.63, 3.8) is 0 Å². The number of hydrogen-bond donors (Lipinski definition) is 1. The fourth-order valence-corrected chi connectivity index (χ4v) is 2.03. The van der Waals surface area contributed by atoms with Gasteiger partial charge < -0.3 is 10.2 Å². The summed E-state index contributed by atoms with van der Waals surface area (Å²) in [5.74, 6) is 0.0966.